The Kier molecular flexibility index (Phi) is 4.52. The molecule has 1 amide bonds. The number of amides is 1. The quantitative estimate of drug-likeness (QED) is 0.584. The number of benzene rings is 1. The summed E-state index contributed by atoms with van der Waals surface area (Å²) in [7, 11) is 0. The summed E-state index contributed by atoms with van der Waals surface area (Å²) in [5.74, 6) is -2.02. The van der Waals surface area contributed by atoms with Crippen molar-refractivity contribution in [2.24, 2.45) is 0 Å². The molecule has 0 heterocycles. The number of hydrogen-bond acceptors (Lipinski definition) is 4. The van der Waals surface area contributed by atoms with Crippen LogP contribution in [0.4, 0.5) is 0 Å². The highest BCUT2D eigenvalue weighted by Gasteiger charge is 2.30. The summed E-state index contributed by atoms with van der Waals surface area (Å²) in [5.41, 5.74) is -1.84. The molecule has 0 aliphatic rings. The third-order valence-electron chi connectivity index (χ3n) is 2.26. The Labute approximate surface area is 117 Å². The van der Waals surface area contributed by atoms with E-state index in [9.17, 15) is 19.8 Å². The molecule has 0 spiro atoms. The summed E-state index contributed by atoms with van der Waals surface area (Å²) < 4.78 is 0.599. The fourth-order valence-electron chi connectivity index (χ4n) is 1.08. The maximum atomic E-state index is 11.6. The molecule has 4 N–H and O–H groups in total. The number of carbonyl (C=O) groups excluding carboxylic acids is 1. The molecule has 0 fully saturated rings. The van der Waals surface area contributed by atoms with Crippen molar-refractivity contribution in [3.05, 3.63) is 27.3 Å². The second-order valence-corrected chi connectivity index (χ2v) is 5.09. The zero-order valence-electron chi connectivity index (χ0n) is 9.48. The van der Waals surface area contributed by atoms with E-state index in [1.54, 1.807) is 6.07 Å². The van der Waals surface area contributed by atoms with Gasteiger partial charge in [-0.15, -0.1) is 0 Å². The number of aliphatic carboxylic acids is 1. The van der Waals surface area contributed by atoms with E-state index in [4.69, 9.17) is 5.11 Å². The molecule has 98 valence electrons. The van der Waals surface area contributed by atoms with Crippen LogP contribution in [-0.2, 0) is 4.79 Å². The fraction of sp³-hybridized carbons (Fsp3) is 0.273. The van der Waals surface area contributed by atoms with Crippen molar-refractivity contribution in [2.75, 3.05) is 6.54 Å². The highest BCUT2D eigenvalue weighted by molar-refractivity contribution is 14.1. The summed E-state index contributed by atoms with van der Waals surface area (Å²) in [5, 5.41) is 29.8. The third kappa shape index (κ3) is 3.57. The molecule has 0 aromatic heterocycles. The highest BCUT2D eigenvalue weighted by Crippen LogP contribution is 2.20. The fourth-order valence-corrected chi connectivity index (χ4v) is 1.42. The van der Waals surface area contributed by atoms with Gasteiger partial charge in [-0.2, -0.15) is 0 Å². The maximum Gasteiger partial charge on any atom is 0.337 e. The van der Waals surface area contributed by atoms with Gasteiger partial charge in [-0.05, 0) is 47.7 Å². The first-order valence-electron chi connectivity index (χ1n) is 4.96. The number of phenolic OH excluding ortho intramolecular Hbond substituents is 1. The molecule has 18 heavy (non-hydrogen) atoms. The topological polar surface area (TPSA) is 107 Å². The van der Waals surface area contributed by atoms with Gasteiger partial charge < -0.3 is 20.6 Å². The summed E-state index contributed by atoms with van der Waals surface area (Å²) >= 11 is 1.91. The first-order valence-corrected chi connectivity index (χ1v) is 6.04. The lowest BCUT2D eigenvalue weighted by atomic mass is 10.1. The summed E-state index contributed by atoms with van der Waals surface area (Å²) in [6.07, 6.45) is 0. The molecule has 0 radical (unpaired) electrons. The molecule has 1 aromatic rings. The maximum absolute atomic E-state index is 11.6. The third-order valence-corrected chi connectivity index (χ3v) is 3.17. The van der Waals surface area contributed by atoms with Crippen LogP contribution >= 0.6 is 22.6 Å². The van der Waals surface area contributed by atoms with Gasteiger partial charge >= 0.3 is 5.97 Å². The molecule has 0 aliphatic heterocycles. The predicted molar refractivity (Wildman–Crippen MR) is 71.4 cm³/mol. The van der Waals surface area contributed by atoms with E-state index in [1.165, 1.54) is 12.1 Å². The number of aromatic hydroxyl groups is 1. The van der Waals surface area contributed by atoms with Crippen molar-refractivity contribution in [3.63, 3.8) is 0 Å². The van der Waals surface area contributed by atoms with E-state index < -0.39 is 24.0 Å². The van der Waals surface area contributed by atoms with Crippen molar-refractivity contribution in [1.29, 1.82) is 0 Å². The molecule has 0 aliphatic carbocycles. The molecule has 1 atom stereocenters. The average Bonchev–Trinajstić information content (AvgIpc) is 2.29. The first kappa shape index (κ1) is 14.7. The summed E-state index contributed by atoms with van der Waals surface area (Å²) in [6.45, 7) is 0.662. The molecule has 1 unspecified atom stereocenters. The van der Waals surface area contributed by atoms with E-state index >= 15 is 0 Å². The second-order valence-electron chi connectivity index (χ2n) is 3.93. The number of aliphatic hydroxyl groups is 1. The monoisotopic (exact) mass is 365 g/mol. The Morgan fingerprint density at radius 3 is 2.56 bits per heavy atom. The lowest BCUT2D eigenvalue weighted by Crippen LogP contribution is -2.46. The van der Waals surface area contributed by atoms with Gasteiger partial charge in [0.15, 0.2) is 5.60 Å². The summed E-state index contributed by atoms with van der Waals surface area (Å²) in [6, 6.07) is 4.32. The Morgan fingerprint density at radius 1 is 1.44 bits per heavy atom. The minimum absolute atomic E-state index is 0.0340. The van der Waals surface area contributed by atoms with Crippen LogP contribution in [0.2, 0.25) is 0 Å². The molecule has 1 rings (SSSR count). The zero-order chi connectivity index (χ0) is 13.9. The van der Waals surface area contributed by atoms with Crippen LogP contribution < -0.4 is 5.32 Å². The van der Waals surface area contributed by atoms with Gasteiger partial charge in [0.1, 0.15) is 5.75 Å². The molecule has 6 nitrogen and oxygen atoms in total. The van der Waals surface area contributed by atoms with Crippen molar-refractivity contribution >= 4 is 34.5 Å². The molecular weight excluding hydrogens is 353 g/mol. The highest BCUT2D eigenvalue weighted by atomic mass is 127. The Hall–Kier alpha value is -1.35. The molecule has 0 saturated heterocycles. The standard InChI is InChI=1S/C11H12INO5/c1-11(18,10(16)17)5-13-9(15)6-2-3-7(12)8(14)4-6/h2-4,14,18H,5H2,1H3,(H,13,15)(H,16,17). The van der Waals surface area contributed by atoms with E-state index in [1.807, 2.05) is 22.6 Å². The van der Waals surface area contributed by atoms with Gasteiger partial charge in [0.25, 0.3) is 5.91 Å². The number of hydrogen-bond donors (Lipinski definition) is 4. The van der Waals surface area contributed by atoms with Gasteiger partial charge in [0, 0.05) is 5.56 Å². The van der Waals surface area contributed by atoms with E-state index in [2.05, 4.69) is 5.32 Å². The first-order chi connectivity index (χ1) is 8.24. The largest absolute Gasteiger partial charge is 0.507 e. The van der Waals surface area contributed by atoms with Crippen LogP contribution in [0.3, 0.4) is 0 Å². The molecule has 0 bridgehead atoms. The van der Waals surface area contributed by atoms with Crippen LogP contribution in [0, 0.1) is 3.57 Å². The lowest BCUT2D eigenvalue weighted by molar-refractivity contribution is -0.155. The van der Waals surface area contributed by atoms with Crippen molar-refractivity contribution in [1.82, 2.24) is 5.32 Å². The lowest BCUT2D eigenvalue weighted by Gasteiger charge is -2.18. The number of rotatable bonds is 4. The summed E-state index contributed by atoms with van der Waals surface area (Å²) in [4.78, 5) is 22.3. The Balaban J connectivity index is 2.72. The van der Waals surface area contributed by atoms with Crippen molar-refractivity contribution < 1.29 is 24.9 Å². The van der Waals surface area contributed by atoms with Crippen LogP contribution in [-0.4, -0.2) is 39.3 Å². The molecule has 7 heteroatoms. The van der Waals surface area contributed by atoms with Gasteiger partial charge in [0.2, 0.25) is 0 Å². The minimum atomic E-state index is -2.03. The zero-order valence-corrected chi connectivity index (χ0v) is 11.6. The van der Waals surface area contributed by atoms with Crippen molar-refractivity contribution in [2.45, 2.75) is 12.5 Å². The van der Waals surface area contributed by atoms with Crippen molar-refractivity contribution in [3.8, 4) is 5.75 Å². The number of phenols is 1. The Bertz CT molecular complexity index is 486. The van der Waals surface area contributed by atoms with E-state index in [0.29, 0.717) is 3.57 Å². The number of carboxylic acid groups (broad SMARTS) is 1. The predicted octanol–water partition coefficient (Wildman–Crippen LogP) is 0.562. The molecule has 1 aromatic carbocycles. The van der Waals surface area contributed by atoms with Crippen LogP contribution in [0.1, 0.15) is 17.3 Å². The normalized spacial score (nSPS) is 13.7. The van der Waals surface area contributed by atoms with Gasteiger partial charge in [-0.3, -0.25) is 4.79 Å². The minimum Gasteiger partial charge on any atom is -0.507 e. The molecule has 0 saturated carbocycles. The van der Waals surface area contributed by atoms with Gasteiger partial charge in [-0.25, -0.2) is 4.79 Å². The van der Waals surface area contributed by atoms with Gasteiger partial charge in [-0.1, -0.05) is 0 Å². The van der Waals surface area contributed by atoms with Crippen LogP contribution in [0.15, 0.2) is 18.2 Å². The van der Waals surface area contributed by atoms with Gasteiger partial charge in [0.05, 0.1) is 10.1 Å². The smallest absolute Gasteiger partial charge is 0.337 e. The number of nitrogens with one attached hydrogen (secondary N) is 1. The molecular formula is C11H12INO5. The van der Waals surface area contributed by atoms with Crippen LogP contribution in [0.25, 0.3) is 0 Å². The van der Waals surface area contributed by atoms with E-state index in [-0.39, 0.29) is 11.3 Å². The second kappa shape index (κ2) is 5.53. The number of carbonyl (C=O) groups is 2. The number of halogens is 1. The van der Waals surface area contributed by atoms with E-state index in [0.717, 1.165) is 6.92 Å². The Morgan fingerprint density at radius 2 is 2.06 bits per heavy atom. The average molecular weight is 365 g/mol. The SMILES string of the molecule is CC(O)(CNC(=O)c1ccc(I)c(O)c1)C(=O)O. The van der Waals surface area contributed by atoms with Crippen LogP contribution in [0.5, 0.6) is 5.75 Å². The number of carboxylic acids is 1.